The molecule has 0 saturated heterocycles. The summed E-state index contributed by atoms with van der Waals surface area (Å²) in [6, 6.07) is 17.1. The largest absolute Gasteiger partial charge is 0.481 e. The number of carboxylic acids is 2. The number of Topliss-reactive ketones (excluding diaryl/α,β-unsaturated/α-hetero) is 2. The molecule has 0 radical (unpaired) electrons. The second-order valence-corrected chi connectivity index (χ2v) is 23.2. The molecule has 2 amide bonds. The number of aromatic nitrogens is 2. The lowest BCUT2D eigenvalue weighted by Gasteiger charge is -2.11. The molecule has 392 valence electrons. The molecule has 0 spiro atoms. The number of anilines is 4. The molecule has 2 aliphatic heterocycles. The fourth-order valence-corrected chi connectivity index (χ4v) is 13.0. The summed E-state index contributed by atoms with van der Waals surface area (Å²) in [5.41, 5.74) is 7.33. The Morgan fingerprint density at radius 1 is 0.539 bits per heavy atom. The molecular formula is C52H42Cl4N6O12S2. The number of aryl methyl sites for hydroxylation is 2. The standard InChI is InChI=1S/2C26H21Cl2N3O6S/c2*27-13-8-14(28)10-16(9-13)38(36,37)31-15-4-6-20-18(11-15)19(26(35)30-20)12-22-17(5-7-24(33)34)25-21(29-22)2-1-3-23(25)32/h2*4,6,8-12,29,31H,1-3,5,7H2,(H,30,35)(H,33,34)/b2*19-12-. The summed E-state index contributed by atoms with van der Waals surface area (Å²) in [7, 11) is -8.08. The van der Waals surface area contributed by atoms with Crippen molar-refractivity contribution in [1.29, 1.82) is 0 Å². The SMILES string of the molecule is O=C(O)CCc1c(/C=C2\C(=O)Nc3ccc(NS(=O)(=O)c4cc(Cl)cc(Cl)c4)cc32)[nH]c2c1C(=O)CCC2.O=C(O)CCc1c(/C=C2\C(=O)Nc3ccc(NS(=O)(=O)c4cc(Cl)cc(Cl)c4)cc32)[nH]c2c1C(=O)CCC2. The first-order valence-electron chi connectivity index (χ1n) is 23.3. The number of halogens is 4. The highest BCUT2D eigenvalue weighted by Gasteiger charge is 2.32. The number of benzene rings is 4. The Kier molecular flexibility index (Phi) is 15.1. The number of ketones is 2. The molecule has 4 aliphatic rings. The summed E-state index contributed by atoms with van der Waals surface area (Å²) >= 11 is 23.8. The lowest BCUT2D eigenvalue weighted by Crippen LogP contribution is -2.13. The molecule has 24 heteroatoms. The predicted octanol–water partition coefficient (Wildman–Crippen LogP) is 10.3. The van der Waals surface area contributed by atoms with E-state index in [1.807, 2.05) is 0 Å². The van der Waals surface area contributed by atoms with E-state index in [0.29, 0.717) is 94.7 Å². The van der Waals surface area contributed by atoms with E-state index in [4.69, 9.17) is 46.4 Å². The maximum absolute atomic E-state index is 12.9. The first-order valence-corrected chi connectivity index (χ1v) is 27.8. The van der Waals surface area contributed by atoms with Crippen molar-refractivity contribution in [1.82, 2.24) is 9.97 Å². The summed E-state index contributed by atoms with van der Waals surface area (Å²) in [6.07, 6.45) is 6.50. The third-order valence-corrected chi connectivity index (χ3v) is 16.4. The van der Waals surface area contributed by atoms with Crippen molar-refractivity contribution in [3.63, 3.8) is 0 Å². The van der Waals surface area contributed by atoms with Crippen molar-refractivity contribution < 1.29 is 55.8 Å². The lowest BCUT2D eigenvalue weighted by atomic mass is 9.91. The highest BCUT2D eigenvalue weighted by Crippen LogP contribution is 2.40. The predicted molar refractivity (Wildman–Crippen MR) is 288 cm³/mol. The molecule has 0 saturated carbocycles. The maximum atomic E-state index is 12.9. The van der Waals surface area contributed by atoms with Crippen molar-refractivity contribution in [2.45, 2.75) is 74.0 Å². The van der Waals surface area contributed by atoms with Gasteiger partial charge in [0.25, 0.3) is 31.9 Å². The van der Waals surface area contributed by atoms with E-state index in [1.54, 1.807) is 24.3 Å². The molecule has 2 aromatic heterocycles. The number of carbonyl (C=O) groups is 6. The van der Waals surface area contributed by atoms with Crippen LogP contribution in [0.25, 0.3) is 23.3 Å². The third kappa shape index (κ3) is 11.5. The van der Waals surface area contributed by atoms with Gasteiger partial charge in [-0.15, -0.1) is 0 Å². The van der Waals surface area contributed by atoms with E-state index < -0.39 is 43.8 Å². The van der Waals surface area contributed by atoms with Gasteiger partial charge in [-0.3, -0.25) is 38.2 Å². The number of fused-ring (bicyclic) bond motifs is 4. The van der Waals surface area contributed by atoms with Gasteiger partial charge in [-0.05, 0) is 135 Å². The van der Waals surface area contributed by atoms with Crippen LogP contribution >= 0.6 is 46.4 Å². The van der Waals surface area contributed by atoms with E-state index in [-0.39, 0.29) is 89.7 Å². The number of aromatic amines is 2. The number of amides is 2. The van der Waals surface area contributed by atoms with Crippen LogP contribution in [-0.4, -0.2) is 72.3 Å². The molecule has 76 heavy (non-hydrogen) atoms. The third-order valence-electron chi connectivity index (χ3n) is 12.8. The van der Waals surface area contributed by atoms with Gasteiger partial charge >= 0.3 is 11.9 Å². The van der Waals surface area contributed by atoms with Crippen LogP contribution in [0.1, 0.15) is 104 Å². The van der Waals surface area contributed by atoms with Crippen molar-refractivity contribution in [2.24, 2.45) is 0 Å². The number of H-pyrrole nitrogens is 2. The molecule has 8 N–H and O–H groups in total. The second kappa shape index (κ2) is 21.4. The Balaban J connectivity index is 0.000000186. The number of hydrogen-bond acceptors (Lipinski definition) is 10. The van der Waals surface area contributed by atoms with Gasteiger partial charge in [-0.2, -0.15) is 0 Å². The summed E-state index contributed by atoms with van der Waals surface area (Å²) in [6.45, 7) is 0. The van der Waals surface area contributed by atoms with Gasteiger partial charge in [0.1, 0.15) is 0 Å². The fraction of sp³-hybridized carbons (Fsp3) is 0.192. The number of aliphatic carboxylic acids is 2. The van der Waals surface area contributed by atoms with Crippen LogP contribution in [0, 0.1) is 0 Å². The van der Waals surface area contributed by atoms with Crippen LogP contribution in [0.3, 0.4) is 0 Å². The number of carbonyl (C=O) groups excluding carboxylic acids is 4. The van der Waals surface area contributed by atoms with Gasteiger partial charge in [0.15, 0.2) is 11.6 Å². The van der Waals surface area contributed by atoms with E-state index in [2.05, 4.69) is 30.0 Å². The molecule has 10 rings (SSSR count). The number of rotatable bonds is 14. The van der Waals surface area contributed by atoms with Crippen molar-refractivity contribution in [2.75, 3.05) is 20.1 Å². The molecule has 2 aliphatic carbocycles. The Labute approximate surface area is 454 Å². The number of nitrogens with one attached hydrogen (secondary N) is 6. The molecule has 0 bridgehead atoms. The van der Waals surface area contributed by atoms with Crippen LogP contribution in [0.15, 0.2) is 82.6 Å². The van der Waals surface area contributed by atoms with E-state index in [1.165, 1.54) is 60.7 Å². The summed E-state index contributed by atoms with van der Waals surface area (Å²) in [5, 5.41) is 24.6. The zero-order valence-electron chi connectivity index (χ0n) is 39.5. The second-order valence-electron chi connectivity index (χ2n) is 18.0. The zero-order valence-corrected chi connectivity index (χ0v) is 44.1. The number of hydrogen-bond donors (Lipinski definition) is 8. The van der Waals surface area contributed by atoms with Crippen molar-refractivity contribution in [3.8, 4) is 0 Å². The normalized spacial score (nSPS) is 15.8. The van der Waals surface area contributed by atoms with Gasteiger partial charge in [0.2, 0.25) is 0 Å². The van der Waals surface area contributed by atoms with Gasteiger partial charge in [0, 0.05) is 114 Å². The van der Waals surface area contributed by atoms with Gasteiger partial charge < -0.3 is 30.8 Å². The Morgan fingerprint density at radius 3 is 1.26 bits per heavy atom. The van der Waals surface area contributed by atoms with Gasteiger partial charge in [-0.1, -0.05) is 46.4 Å². The molecule has 4 aromatic carbocycles. The van der Waals surface area contributed by atoms with Crippen LogP contribution < -0.4 is 20.1 Å². The smallest absolute Gasteiger partial charge is 0.303 e. The quantitative estimate of drug-likeness (QED) is 0.0473. The molecule has 0 fully saturated rings. The first-order chi connectivity index (χ1) is 36.0. The van der Waals surface area contributed by atoms with Crippen LogP contribution in [0.4, 0.5) is 22.7 Å². The Morgan fingerprint density at radius 2 is 0.908 bits per heavy atom. The summed E-state index contributed by atoms with van der Waals surface area (Å²) in [4.78, 5) is 79.8. The average molecular weight is 1150 g/mol. The van der Waals surface area contributed by atoms with Gasteiger partial charge in [-0.25, -0.2) is 16.8 Å². The number of carboxylic acid groups (broad SMARTS) is 2. The van der Waals surface area contributed by atoms with Crippen molar-refractivity contribution >= 4 is 148 Å². The average Bonchev–Trinajstić information content (AvgIpc) is 4.09. The van der Waals surface area contributed by atoms with E-state index in [9.17, 15) is 55.8 Å². The lowest BCUT2D eigenvalue weighted by molar-refractivity contribution is -0.138. The maximum Gasteiger partial charge on any atom is 0.303 e. The highest BCUT2D eigenvalue weighted by atomic mass is 35.5. The van der Waals surface area contributed by atoms with E-state index in [0.717, 1.165) is 11.4 Å². The molecule has 0 atom stereocenters. The monoisotopic (exact) mass is 1150 g/mol. The minimum atomic E-state index is -4.04. The molecule has 6 aromatic rings. The van der Waals surface area contributed by atoms with Gasteiger partial charge in [0.05, 0.1) is 20.9 Å². The van der Waals surface area contributed by atoms with Crippen LogP contribution in [-0.2, 0) is 64.9 Å². The van der Waals surface area contributed by atoms with Crippen molar-refractivity contribution in [3.05, 3.63) is 149 Å². The van der Waals surface area contributed by atoms with E-state index >= 15 is 0 Å². The zero-order chi connectivity index (χ0) is 54.4. The fourth-order valence-electron chi connectivity index (χ4n) is 9.49. The van der Waals surface area contributed by atoms with Crippen LogP contribution in [0.2, 0.25) is 20.1 Å². The molecule has 0 unspecified atom stereocenters. The minimum Gasteiger partial charge on any atom is -0.481 e. The number of sulfonamides is 2. The minimum absolute atomic E-state index is 0.0541. The Hall–Kier alpha value is -7.20. The summed E-state index contributed by atoms with van der Waals surface area (Å²) in [5.74, 6) is -2.93. The Bertz CT molecular complexity index is 3520. The molecule has 4 heterocycles. The highest BCUT2D eigenvalue weighted by molar-refractivity contribution is 7.93. The topological polar surface area (TPSA) is 291 Å². The van der Waals surface area contributed by atoms with Crippen LogP contribution in [0.5, 0.6) is 0 Å². The first kappa shape index (κ1) is 53.6. The molecular weight excluding hydrogens is 1110 g/mol. The summed E-state index contributed by atoms with van der Waals surface area (Å²) < 4.78 is 56.7. The molecule has 18 nitrogen and oxygen atoms in total.